The van der Waals surface area contributed by atoms with Crippen LogP contribution in [0.5, 0.6) is 0 Å². The molecule has 0 saturated heterocycles. The molecule has 0 aliphatic rings. The van der Waals surface area contributed by atoms with E-state index in [-0.39, 0.29) is 22.8 Å². The first-order chi connectivity index (χ1) is 9.92. The van der Waals surface area contributed by atoms with Crippen molar-refractivity contribution in [3.8, 4) is 0 Å². The zero-order chi connectivity index (χ0) is 15.6. The second kappa shape index (κ2) is 6.53. The van der Waals surface area contributed by atoms with Gasteiger partial charge in [-0.15, -0.1) is 11.3 Å². The van der Waals surface area contributed by atoms with Gasteiger partial charge in [0.2, 0.25) is 0 Å². The van der Waals surface area contributed by atoms with Crippen molar-refractivity contribution in [2.75, 3.05) is 6.61 Å². The minimum atomic E-state index is -0.449. The second-order valence-corrected chi connectivity index (χ2v) is 6.73. The van der Waals surface area contributed by atoms with Gasteiger partial charge in [0.15, 0.2) is 4.77 Å². The molecule has 0 aliphatic carbocycles. The summed E-state index contributed by atoms with van der Waals surface area (Å²) in [5.41, 5.74) is -0.244. The van der Waals surface area contributed by atoms with Gasteiger partial charge < -0.3 is 9.72 Å². The number of esters is 1. The molecule has 7 heteroatoms. The molecule has 0 saturated carbocycles. The smallest absolute Gasteiger partial charge is 0.326 e. The number of hydrogen-bond acceptors (Lipinski definition) is 5. The standard InChI is InChI=1S/C14H18N2O3S2/c1-4-9-5-10-12(21-9)15-14(20)16(13(10)18)6-11(17)19-7-8(2)3/h5,8H,4,6-7H2,1-3H3,(H,15,20). The Morgan fingerprint density at radius 3 is 2.86 bits per heavy atom. The lowest BCUT2D eigenvalue weighted by Gasteiger charge is -2.08. The Hall–Kier alpha value is -1.47. The summed E-state index contributed by atoms with van der Waals surface area (Å²) >= 11 is 6.69. The van der Waals surface area contributed by atoms with Gasteiger partial charge in [0.05, 0.1) is 12.0 Å². The molecule has 0 bridgehead atoms. The van der Waals surface area contributed by atoms with Gasteiger partial charge in [-0.05, 0) is 30.6 Å². The van der Waals surface area contributed by atoms with Crippen molar-refractivity contribution in [1.82, 2.24) is 9.55 Å². The highest BCUT2D eigenvalue weighted by molar-refractivity contribution is 7.71. The zero-order valence-electron chi connectivity index (χ0n) is 12.3. The Morgan fingerprint density at radius 2 is 2.24 bits per heavy atom. The van der Waals surface area contributed by atoms with Crippen LogP contribution in [0.2, 0.25) is 0 Å². The minimum absolute atomic E-state index is 0.159. The van der Waals surface area contributed by atoms with Crippen LogP contribution < -0.4 is 5.56 Å². The SMILES string of the molecule is CCc1cc2c(=O)n(CC(=O)OCC(C)C)c(=S)[nH]c2s1. The number of fused-ring (bicyclic) bond motifs is 1. The molecule has 5 nitrogen and oxygen atoms in total. The van der Waals surface area contributed by atoms with Crippen LogP contribution in [0, 0.1) is 10.7 Å². The molecular weight excluding hydrogens is 308 g/mol. The van der Waals surface area contributed by atoms with Crippen LogP contribution in [0.15, 0.2) is 10.9 Å². The predicted octanol–water partition coefficient (Wildman–Crippen LogP) is 2.88. The number of aromatic nitrogens is 2. The van der Waals surface area contributed by atoms with E-state index in [1.54, 1.807) is 0 Å². The maximum atomic E-state index is 12.4. The van der Waals surface area contributed by atoms with Crippen molar-refractivity contribution >= 4 is 39.7 Å². The molecule has 0 fully saturated rings. The van der Waals surface area contributed by atoms with Crippen LogP contribution in [0.3, 0.4) is 0 Å². The van der Waals surface area contributed by atoms with Crippen LogP contribution >= 0.6 is 23.6 Å². The lowest BCUT2D eigenvalue weighted by Crippen LogP contribution is -2.27. The molecule has 2 aromatic heterocycles. The van der Waals surface area contributed by atoms with Gasteiger partial charge in [-0.3, -0.25) is 14.2 Å². The number of H-pyrrole nitrogens is 1. The van der Waals surface area contributed by atoms with Gasteiger partial charge in [-0.25, -0.2) is 0 Å². The largest absolute Gasteiger partial charge is 0.464 e. The van der Waals surface area contributed by atoms with Crippen LogP contribution in [0.25, 0.3) is 10.2 Å². The van der Waals surface area contributed by atoms with Gasteiger partial charge >= 0.3 is 5.97 Å². The summed E-state index contributed by atoms with van der Waals surface area (Å²) in [7, 11) is 0. The number of rotatable bonds is 5. The molecule has 0 aliphatic heterocycles. The fourth-order valence-corrected chi connectivity index (χ4v) is 3.15. The van der Waals surface area contributed by atoms with Crippen molar-refractivity contribution < 1.29 is 9.53 Å². The van der Waals surface area contributed by atoms with Gasteiger partial charge in [0, 0.05) is 4.88 Å². The molecular formula is C14H18N2O3S2. The fraction of sp³-hybridized carbons (Fsp3) is 0.500. The molecule has 0 amide bonds. The van der Waals surface area contributed by atoms with Gasteiger partial charge in [-0.2, -0.15) is 0 Å². The lowest BCUT2D eigenvalue weighted by molar-refractivity contribution is -0.145. The quantitative estimate of drug-likeness (QED) is 0.678. The summed E-state index contributed by atoms with van der Waals surface area (Å²) in [5.74, 6) is -0.192. The summed E-state index contributed by atoms with van der Waals surface area (Å²) in [6.07, 6.45) is 0.857. The molecule has 0 spiro atoms. The number of nitrogens with one attached hydrogen (secondary N) is 1. The zero-order valence-corrected chi connectivity index (χ0v) is 13.9. The third-order valence-corrected chi connectivity index (χ3v) is 4.45. The Labute approximate surface area is 131 Å². The number of nitrogens with zero attached hydrogens (tertiary/aromatic N) is 1. The molecule has 1 N–H and O–H groups in total. The van der Waals surface area contributed by atoms with E-state index in [1.807, 2.05) is 26.8 Å². The van der Waals surface area contributed by atoms with Crippen molar-refractivity contribution in [3.05, 3.63) is 26.1 Å². The van der Waals surface area contributed by atoms with E-state index < -0.39 is 5.97 Å². The number of aryl methyl sites for hydroxylation is 1. The van der Waals surface area contributed by atoms with Gasteiger partial charge in [0.25, 0.3) is 5.56 Å². The Kier molecular flexibility index (Phi) is 4.95. The van der Waals surface area contributed by atoms with Crippen molar-refractivity contribution in [3.63, 3.8) is 0 Å². The van der Waals surface area contributed by atoms with Crippen molar-refractivity contribution in [1.29, 1.82) is 0 Å². The number of carbonyl (C=O) groups is 1. The first-order valence-electron chi connectivity index (χ1n) is 6.83. The predicted molar refractivity (Wildman–Crippen MR) is 86.4 cm³/mol. The summed E-state index contributed by atoms with van der Waals surface area (Å²) < 4.78 is 6.60. The third kappa shape index (κ3) is 3.59. The molecule has 21 heavy (non-hydrogen) atoms. The average molecular weight is 326 g/mol. The van der Waals surface area contributed by atoms with Crippen LogP contribution in [-0.4, -0.2) is 22.1 Å². The number of thiophene rings is 1. The first-order valence-corrected chi connectivity index (χ1v) is 8.06. The fourth-order valence-electron chi connectivity index (χ4n) is 1.85. The number of ether oxygens (including phenoxy) is 1. The molecule has 0 atom stereocenters. The highest BCUT2D eigenvalue weighted by Gasteiger charge is 2.13. The molecule has 2 rings (SSSR count). The van der Waals surface area contributed by atoms with E-state index in [1.165, 1.54) is 15.9 Å². The topological polar surface area (TPSA) is 64.1 Å². The molecule has 114 valence electrons. The van der Waals surface area contributed by atoms with E-state index in [2.05, 4.69) is 4.98 Å². The highest BCUT2D eigenvalue weighted by atomic mass is 32.1. The van der Waals surface area contributed by atoms with Crippen LogP contribution in [-0.2, 0) is 22.5 Å². The van der Waals surface area contributed by atoms with Crippen molar-refractivity contribution in [2.24, 2.45) is 5.92 Å². The number of aromatic amines is 1. The molecule has 2 heterocycles. The Morgan fingerprint density at radius 1 is 1.52 bits per heavy atom. The van der Waals surface area contributed by atoms with E-state index >= 15 is 0 Å². The van der Waals surface area contributed by atoms with E-state index in [9.17, 15) is 9.59 Å². The highest BCUT2D eigenvalue weighted by Crippen LogP contribution is 2.21. The second-order valence-electron chi connectivity index (χ2n) is 5.21. The normalized spacial score (nSPS) is 11.2. The molecule has 0 unspecified atom stereocenters. The van der Waals surface area contributed by atoms with Gasteiger partial charge in [-0.1, -0.05) is 20.8 Å². The lowest BCUT2D eigenvalue weighted by atomic mass is 10.2. The monoisotopic (exact) mass is 326 g/mol. The summed E-state index contributed by atoms with van der Waals surface area (Å²) in [4.78, 5) is 29.1. The molecule has 0 radical (unpaired) electrons. The van der Waals surface area contributed by atoms with E-state index in [4.69, 9.17) is 17.0 Å². The van der Waals surface area contributed by atoms with E-state index in [0.29, 0.717) is 12.0 Å². The number of hydrogen-bond donors (Lipinski definition) is 1. The van der Waals surface area contributed by atoms with Crippen LogP contribution in [0.1, 0.15) is 25.6 Å². The Bertz CT molecular complexity index is 771. The molecule has 0 aromatic carbocycles. The summed E-state index contributed by atoms with van der Waals surface area (Å²) in [5, 5.41) is 0.571. The maximum Gasteiger partial charge on any atom is 0.326 e. The first kappa shape index (κ1) is 15.9. The minimum Gasteiger partial charge on any atom is -0.464 e. The van der Waals surface area contributed by atoms with Crippen LogP contribution in [0.4, 0.5) is 0 Å². The van der Waals surface area contributed by atoms with E-state index in [0.717, 1.165) is 16.1 Å². The number of carbonyl (C=O) groups excluding carboxylic acids is 1. The summed E-state index contributed by atoms with van der Waals surface area (Å²) in [6.45, 7) is 6.12. The maximum absolute atomic E-state index is 12.4. The average Bonchev–Trinajstić information content (AvgIpc) is 2.84. The van der Waals surface area contributed by atoms with Crippen molar-refractivity contribution in [2.45, 2.75) is 33.7 Å². The summed E-state index contributed by atoms with van der Waals surface area (Å²) in [6, 6.07) is 1.85. The Balaban J connectivity index is 2.34. The third-order valence-electron chi connectivity index (χ3n) is 2.94. The van der Waals surface area contributed by atoms with Gasteiger partial charge in [0.1, 0.15) is 11.4 Å². The molecule has 2 aromatic rings.